The standard InChI is InChI=1S/C20H18F3N3O2S/c21-20(22,23)28-14-9-7-13(8-10-14)24-18(27)12-26-11-3-5-16(26)19-25-15-4-1-2-6-17(15)29-19/h1-2,4,6-10,16H,3,5,11-12H2,(H,24,27). The van der Waals surface area contributed by atoms with E-state index in [9.17, 15) is 18.0 Å². The molecule has 1 N–H and O–H groups in total. The lowest BCUT2D eigenvalue weighted by molar-refractivity contribution is -0.274. The highest BCUT2D eigenvalue weighted by molar-refractivity contribution is 7.18. The topological polar surface area (TPSA) is 54.5 Å². The number of aromatic nitrogens is 1. The number of rotatable bonds is 5. The third-order valence-corrected chi connectivity index (χ3v) is 5.82. The predicted molar refractivity (Wildman–Crippen MR) is 105 cm³/mol. The minimum absolute atomic E-state index is 0.0979. The van der Waals surface area contributed by atoms with Gasteiger partial charge in [-0.15, -0.1) is 24.5 Å². The first kappa shape index (κ1) is 19.7. The van der Waals surface area contributed by atoms with E-state index < -0.39 is 6.36 Å². The number of ether oxygens (including phenoxy) is 1. The van der Waals surface area contributed by atoms with Gasteiger partial charge < -0.3 is 10.1 Å². The van der Waals surface area contributed by atoms with Crippen LogP contribution in [0, 0.1) is 0 Å². The molecule has 4 rings (SSSR count). The maximum atomic E-state index is 12.5. The Morgan fingerprint density at radius 3 is 2.69 bits per heavy atom. The molecule has 5 nitrogen and oxygen atoms in total. The molecule has 1 atom stereocenters. The summed E-state index contributed by atoms with van der Waals surface area (Å²) in [6, 6.07) is 13.2. The number of amides is 1. The van der Waals surface area contributed by atoms with Crippen molar-refractivity contribution in [3.63, 3.8) is 0 Å². The molecule has 9 heteroatoms. The molecule has 152 valence electrons. The molecule has 29 heavy (non-hydrogen) atoms. The normalized spacial score (nSPS) is 17.6. The Kier molecular flexibility index (Phi) is 5.42. The van der Waals surface area contributed by atoms with Gasteiger partial charge in [0.15, 0.2) is 0 Å². The quantitative estimate of drug-likeness (QED) is 0.632. The zero-order valence-electron chi connectivity index (χ0n) is 15.3. The van der Waals surface area contributed by atoms with E-state index in [0.29, 0.717) is 5.69 Å². The van der Waals surface area contributed by atoms with Gasteiger partial charge in [-0.3, -0.25) is 9.69 Å². The number of carbonyl (C=O) groups is 1. The van der Waals surface area contributed by atoms with Gasteiger partial charge in [0.05, 0.1) is 22.8 Å². The Morgan fingerprint density at radius 1 is 1.21 bits per heavy atom. The number of likely N-dealkylation sites (tertiary alicyclic amines) is 1. The van der Waals surface area contributed by atoms with E-state index in [1.54, 1.807) is 11.3 Å². The second kappa shape index (κ2) is 8.00. The van der Waals surface area contributed by atoms with Gasteiger partial charge in [-0.1, -0.05) is 12.1 Å². The highest BCUT2D eigenvalue weighted by Gasteiger charge is 2.31. The molecule has 0 aliphatic carbocycles. The van der Waals surface area contributed by atoms with Crippen molar-refractivity contribution < 1.29 is 22.7 Å². The van der Waals surface area contributed by atoms with Crippen molar-refractivity contribution in [2.45, 2.75) is 25.2 Å². The number of alkyl halides is 3. The fourth-order valence-corrected chi connectivity index (χ4v) is 4.59. The van der Waals surface area contributed by atoms with Crippen LogP contribution in [-0.2, 0) is 4.79 Å². The van der Waals surface area contributed by atoms with E-state index in [0.717, 1.165) is 34.6 Å². The van der Waals surface area contributed by atoms with Crippen LogP contribution in [0.4, 0.5) is 18.9 Å². The summed E-state index contributed by atoms with van der Waals surface area (Å²) in [7, 11) is 0. The Labute approximate surface area is 169 Å². The first-order chi connectivity index (χ1) is 13.9. The van der Waals surface area contributed by atoms with Crippen LogP contribution < -0.4 is 10.1 Å². The Bertz CT molecular complexity index is 971. The summed E-state index contributed by atoms with van der Waals surface area (Å²) in [6.07, 6.45) is -2.82. The molecule has 1 aliphatic rings. The summed E-state index contributed by atoms with van der Waals surface area (Å²) in [5.74, 6) is -0.548. The summed E-state index contributed by atoms with van der Waals surface area (Å²) < 4.78 is 41.6. The lowest BCUT2D eigenvalue weighted by atomic mass is 10.2. The lowest BCUT2D eigenvalue weighted by Gasteiger charge is -2.22. The molecule has 3 aromatic rings. The lowest BCUT2D eigenvalue weighted by Crippen LogP contribution is -2.32. The van der Waals surface area contributed by atoms with Crippen LogP contribution in [0.2, 0.25) is 0 Å². The summed E-state index contributed by atoms with van der Waals surface area (Å²) in [6.45, 7) is 0.994. The van der Waals surface area contributed by atoms with Gasteiger partial charge in [0.2, 0.25) is 5.91 Å². The number of anilines is 1. The smallest absolute Gasteiger partial charge is 0.406 e. The van der Waals surface area contributed by atoms with Crippen LogP contribution >= 0.6 is 11.3 Å². The van der Waals surface area contributed by atoms with E-state index in [1.165, 1.54) is 24.3 Å². The number of carbonyl (C=O) groups excluding carboxylic acids is 1. The van der Waals surface area contributed by atoms with Crippen LogP contribution in [0.1, 0.15) is 23.9 Å². The molecule has 0 spiro atoms. The Hall–Kier alpha value is -2.65. The summed E-state index contributed by atoms with van der Waals surface area (Å²) >= 11 is 1.65. The second-order valence-electron chi connectivity index (χ2n) is 6.77. The molecule has 0 bridgehead atoms. The molecule has 1 saturated heterocycles. The number of hydrogen-bond acceptors (Lipinski definition) is 5. The van der Waals surface area contributed by atoms with Gasteiger partial charge in [-0.2, -0.15) is 0 Å². The van der Waals surface area contributed by atoms with E-state index in [1.807, 2.05) is 24.3 Å². The van der Waals surface area contributed by atoms with Crippen LogP contribution in [0.5, 0.6) is 5.75 Å². The average molecular weight is 421 g/mol. The zero-order valence-corrected chi connectivity index (χ0v) is 16.1. The molecule has 1 unspecified atom stereocenters. The van der Waals surface area contributed by atoms with E-state index >= 15 is 0 Å². The van der Waals surface area contributed by atoms with Gasteiger partial charge in [0, 0.05) is 5.69 Å². The monoisotopic (exact) mass is 421 g/mol. The largest absolute Gasteiger partial charge is 0.573 e. The number of hydrogen-bond donors (Lipinski definition) is 1. The molecule has 0 saturated carbocycles. The first-order valence-corrected chi connectivity index (χ1v) is 9.94. The predicted octanol–water partition coefficient (Wildman–Crippen LogP) is 4.97. The van der Waals surface area contributed by atoms with Crippen molar-refractivity contribution in [2.75, 3.05) is 18.4 Å². The highest BCUT2D eigenvalue weighted by Crippen LogP contribution is 2.36. The Morgan fingerprint density at radius 2 is 1.97 bits per heavy atom. The summed E-state index contributed by atoms with van der Waals surface area (Å²) in [4.78, 5) is 19.3. The van der Waals surface area contributed by atoms with Crippen LogP contribution in [0.3, 0.4) is 0 Å². The van der Waals surface area contributed by atoms with Crippen molar-refractivity contribution in [1.29, 1.82) is 0 Å². The van der Waals surface area contributed by atoms with Crippen molar-refractivity contribution in [2.24, 2.45) is 0 Å². The van der Waals surface area contributed by atoms with Crippen molar-refractivity contribution in [1.82, 2.24) is 9.88 Å². The van der Waals surface area contributed by atoms with Crippen LogP contribution in [-0.4, -0.2) is 35.2 Å². The molecule has 0 radical (unpaired) electrons. The molecule has 1 amide bonds. The van der Waals surface area contributed by atoms with Gasteiger partial charge in [0.25, 0.3) is 0 Å². The van der Waals surface area contributed by atoms with Crippen molar-refractivity contribution >= 4 is 33.1 Å². The van der Waals surface area contributed by atoms with Gasteiger partial charge >= 0.3 is 6.36 Å². The fraction of sp³-hybridized carbons (Fsp3) is 0.300. The summed E-state index contributed by atoms with van der Waals surface area (Å²) in [5, 5.41) is 3.73. The molecule has 1 aliphatic heterocycles. The number of thiazole rings is 1. The highest BCUT2D eigenvalue weighted by atomic mass is 32.1. The number of para-hydroxylation sites is 1. The van der Waals surface area contributed by atoms with Crippen molar-refractivity contribution in [3.05, 3.63) is 53.5 Å². The third-order valence-electron chi connectivity index (χ3n) is 4.68. The number of nitrogens with one attached hydrogen (secondary N) is 1. The molecule has 2 aromatic carbocycles. The minimum atomic E-state index is -4.74. The fourth-order valence-electron chi connectivity index (χ4n) is 3.45. The SMILES string of the molecule is O=C(CN1CCCC1c1nc2ccccc2s1)Nc1ccc(OC(F)(F)F)cc1. The molecular formula is C20H18F3N3O2S. The van der Waals surface area contributed by atoms with Gasteiger partial charge in [-0.25, -0.2) is 4.98 Å². The van der Waals surface area contributed by atoms with Gasteiger partial charge in [0.1, 0.15) is 10.8 Å². The first-order valence-electron chi connectivity index (χ1n) is 9.12. The number of benzene rings is 2. The Balaban J connectivity index is 1.38. The maximum absolute atomic E-state index is 12.5. The van der Waals surface area contributed by atoms with Crippen LogP contribution in [0.15, 0.2) is 48.5 Å². The molecule has 2 heterocycles. The zero-order chi connectivity index (χ0) is 20.4. The number of halogens is 3. The number of nitrogens with zero attached hydrogens (tertiary/aromatic N) is 2. The van der Waals surface area contributed by atoms with E-state index in [4.69, 9.17) is 4.98 Å². The average Bonchev–Trinajstić information content (AvgIpc) is 3.28. The van der Waals surface area contributed by atoms with Gasteiger partial charge in [-0.05, 0) is 55.8 Å². The van der Waals surface area contributed by atoms with Crippen LogP contribution in [0.25, 0.3) is 10.2 Å². The second-order valence-corrected chi connectivity index (χ2v) is 7.83. The minimum Gasteiger partial charge on any atom is -0.406 e. The van der Waals surface area contributed by atoms with E-state index in [-0.39, 0.29) is 24.2 Å². The molecular weight excluding hydrogens is 403 g/mol. The van der Waals surface area contributed by atoms with Crippen molar-refractivity contribution in [3.8, 4) is 5.75 Å². The third kappa shape index (κ3) is 4.86. The van der Waals surface area contributed by atoms with E-state index in [2.05, 4.69) is 15.0 Å². The maximum Gasteiger partial charge on any atom is 0.573 e. The summed E-state index contributed by atoms with van der Waals surface area (Å²) in [5.41, 5.74) is 1.38. The number of fused-ring (bicyclic) bond motifs is 1. The molecule has 1 aromatic heterocycles. The molecule has 1 fully saturated rings.